The molecule has 0 aromatic rings. The van der Waals surface area contributed by atoms with Crippen LogP contribution in [0.15, 0.2) is 12.7 Å². The third-order valence-electron chi connectivity index (χ3n) is 3.08. The molecule has 0 radical (unpaired) electrons. The first-order valence-electron chi connectivity index (χ1n) is 6.49. The molecule has 0 heterocycles. The number of rotatable bonds is 9. The predicted octanol–water partition coefficient (Wildman–Crippen LogP) is 2.95. The molecule has 6 heteroatoms. The Bertz CT molecular complexity index is 317. The second kappa shape index (κ2) is 8.51. The van der Waals surface area contributed by atoms with E-state index in [1.165, 1.54) is 0 Å². The van der Waals surface area contributed by atoms with Gasteiger partial charge in [0, 0.05) is 0 Å². The number of hydrogen-bond donors (Lipinski definition) is 1. The first-order chi connectivity index (χ1) is 8.78. The molecule has 0 aliphatic rings. The van der Waals surface area contributed by atoms with Crippen molar-refractivity contribution < 1.29 is 23.5 Å². The molecule has 0 bridgehead atoms. The van der Waals surface area contributed by atoms with Gasteiger partial charge in [-0.05, 0) is 24.7 Å². The zero-order valence-electron chi connectivity index (χ0n) is 12.1. The quantitative estimate of drug-likeness (QED) is 0.306. The normalized spacial score (nSPS) is 13.6. The highest BCUT2D eigenvalue weighted by Gasteiger charge is 2.48. The topological polar surface area (TPSA) is 72.8 Å². The maximum atomic E-state index is 12.2. The Kier molecular flexibility index (Phi) is 8.23. The fraction of sp³-hybridized carbons (Fsp3) is 0.769. The zero-order valence-corrected chi connectivity index (χ0v) is 13.1. The molecule has 0 rings (SSSR count). The molecular weight excluding hydrogens is 267 g/mol. The molecule has 0 amide bonds. The Hall–Kier alpha value is -0.640. The number of ether oxygens (including phenoxy) is 1. The van der Waals surface area contributed by atoms with Crippen molar-refractivity contribution in [3.05, 3.63) is 12.7 Å². The van der Waals surface area contributed by atoms with Gasteiger partial charge in [0.05, 0.1) is 6.61 Å². The highest BCUT2D eigenvalue weighted by Crippen LogP contribution is 2.39. The van der Waals surface area contributed by atoms with Gasteiger partial charge in [-0.25, -0.2) is 4.79 Å². The van der Waals surface area contributed by atoms with E-state index in [-0.39, 0.29) is 18.4 Å². The maximum Gasteiger partial charge on any atom is 0.339 e. The van der Waals surface area contributed by atoms with E-state index in [1.54, 1.807) is 33.8 Å². The molecular formula is C13H25O5P. The van der Waals surface area contributed by atoms with Gasteiger partial charge >= 0.3 is 14.2 Å². The summed E-state index contributed by atoms with van der Waals surface area (Å²) in [6.45, 7) is 10.9. The summed E-state index contributed by atoms with van der Waals surface area (Å²) in [6.07, 6.45) is 3.17. The lowest BCUT2D eigenvalue weighted by molar-refractivity contribution is -0.172. The predicted molar refractivity (Wildman–Crippen MR) is 75.1 cm³/mol. The molecule has 0 saturated carbocycles. The lowest BCUT2D eigenvalue weighted by Crippen LogP contribution is -2.50. The van der Waals surface area contributed by atoms with Crippen LogP contribution in [0.2, 0.25) is 0 Å². The fourth-order valence-corrected chi connectivity index (χ4v) is 2.91. The summed E-state index contributed by atoms with van der Waals surface area (Å²) in [5.74, 6) is -1.10. The van der Waals surface area contributed by atoms with Crippen molar-refractivity contribution in [3.63, 3.8) is 0 Å². The maximum absolute atomic E-state index is 12.2. The van der Waals surface area contributed by atoms with Crippen molar-refractivity contribution >= 4 is 14.2 Å². The molecule has 0 spiro atoms. The third kappa shape index (κ3) is 5.09. The summed E-state index contributed by atoms with van der Waals surface area (Å²) < 4.78 is 21.3. The molecule has 0 aromatic carbocycles. The lowest BCUT2D eigenvalue weighted by atomic mass is 9.80. The molecule has 5 nitrogen and oxygen atoms in total. The highest BCUT2D eigenvalue weighted by molar-refractivity contribution is 7.32. The van der Waals surface area contributed by atoms with Gasteiger partial charge < -0.3 is 9.63 Å². The van der Waals surface area contributed by atoms with Gasteiger partial charge in [0.1, 0.15) is 0 Å². The number of carbonyl (C=O) groups is 1. The molecule has 19 heavy (non-hydrogen) atoms. The van der Waals surface area contributed by atoms with E-state index in [9.17, 15) is 9.36 Å². The summed E-state index contributed by atoms with van der Waals surface area (Å²) in [5.41, 5.74) is -1.38. The molecule has 0 aliphatic heterocycles. The van der Waals surface area contributed by atoms with Crippen molar-refractivity contribution in [1.82, 2.24) is 0 Å². The van der Waals surface area contributed by atoms with Crippen molar-refractivity contribution in [2.45, 2.75) is 46.1 Å². The molecule has 112 valence electrons. The summed E-state index contributed by atoms with van der Waals surface area (Å²) in [5, 5.41) is 0. The Morgan fingerprint density at radius 2 is 1.89 bits per heavy atom. The molecule has 0 aromatic heterocycles. The molecule has 0 fully saturated rings. The van der Waals surface area contributed by atoms with E-state index in [1.807, 2.05) is 0 Å². The molecule has 0 saturated heterocycles. The van der Waals surface area contributed by atoms with Crippen molar-refractivity contribution in [2.24, 2.45) is 11.8 Å². The van der Waals surface area contributed by atoms with Crippen LogP contribution in [0.4, 0.5) is 0 Å². The van der Waals surface area contributed by atoms with Gasteiger partial charge in [-0.2, -0.15) is 0 Å². The van der Waals surface area contributed by atoms with Crippen molar-refractivity contribution in [3.8, 4) is 0 Å². The molecule has 0 aliphatic carbocycles. The highest BCUT2D eigenvalue weighted by atomic mass is 31.1. The van der Waals surface area contributed by atoms with E-state index in [0.29, 0.717) is 6.42 Å². The largest absolute Gasteiger partial charge is 0.464 e. The Morgan fingerprint density at radius 1 is 1.37 bits per heavy atom. The average Bonchev–Trinajstić information content (AvgIpc) is 2.30. The Balaban J connectivity index is 4.94. The van der Waals surface area contributed by atoms with Crippen LogP contribution in [0, 0.1) is 11.8 Å². The fourth-order valence-electron chi connectivity index (χ4n) is 2.07. The van der Waals surface area contributed by atoms with Crippen LogP contribution >= 0.6 is 8.25 Å². The number of hydrogen-bond acceptors (Lipinski definition) is 4. The van der Waals surface area contributed by atoms with Gasteiger partial charge in [0.2, 0.25) is 0 Å². The van der Waals surface area contributed by atoms with Crippen LogP contribution in [0.3, 0.4) is 0 Å². The second-order valence-corrected chi connectivity index (χ2v) is 5.77. The van der Waals surface area contributed by atoms with Gasteiger partial charge in [-0.3, -0.25) is 9.09 Å². The van der Waals surface area contributed by atoms with Crippen LogP contribution in [0.25, 0.3) is 0 Å². The summed E-state index contributed by atoms with van der Waals surface area (Å²) in [6, 6.07) is 0. The minimum absolute atomic E-state index is 0.252. The summed E-state index contributed by atoms with van der Waals surface area (Å²) in [4.78, 5) is 21.3. The second-order valence-electron chi connectivity index (χ2n) is 5.04. The van der Waals surface area contributed by atoms with E-state index >= 15 is 0 Å². The number of allylic oxidation sites excluding steroid dienone is 1. The molecule has 1 N–H and O–H groups in total. The number of esters is 1. The van der Waals surface area contributed by atoms with Crippen LogP contribution in [-0.2, 0) is 18.6 Å². The van der Waals surface area contributed by atoms with Crippen LogP contribution in [-0.4, -0.2) is 23.1 Å². The van der Waals surface area contributed by atoms with Crippen LogP contribution in [0.1, 0.15) is 40.5 Å². The van der Waals surface area contributed by atoms with Gasteiger partial charge in [0.15, 0.2) is 5.60 Å². The van der Waals surface area contributed by atoms with Crippen LogP contribution < -0.4 is 0 Å². The zero-order chi connectivity index (χ0) is 15.1. The number of carbonyl (C=O) groups excluding carboxylic acids is 1. The average molecular weight is 292 g/mol. The third-order valence-corrected chi connectivity index (χ3v) is 3.59. The van der Waals surface area contributed by atoms with Gasteiger partial charge in [0.25, 0.3) is 0 Å². The smallest absolute Gasteiger partial charge is 0.339 e. The minimum Gasteiger partial charge on any atom is -0.464 e. The summed E-state index contributed by atoms with van der Waals surface area (Å²) in [7, 11) is -3.23. The summed E-state index contributed by atoms with van der Waals surface area (Å²) >= 11 is 0. The van der Waals surface area contributed by atoms with E-state index in [2.05, 4.69) is 6.58 Å². The first kappa shape index (κ1) is 18.4. The SMILES string of the molecule is C=CCCCOC(=O)C(O[PH](=O)O)(C(C)C)C(C)C. The minimum atomic E-state index is -3.23. The molecule has 1 unspecified atom stereocenters. The van der Waals surface area contributed by atoms with Gasteiger partial charge in [-0.15, -0.1) is 6.58 Å². The van der Waals surface area contributed by atoms with Crippen molar-refractivity contribution in [1.29, 1.82) is 0 Å². The van der Waals surface area contributed by atoms with Gasteiger partial charge in [-0.1, -0.05) is 33.8 Å². The first-order valence-corrected chi connectivity index (χ1v) is 7.75. The Morgan fingerprint density at radius 3 is 2.26 bits per heavy atom. The number of unbranched alkanes of at least 4 members (excludes halogenated alkanes) is 1. The van der Waals surface area contributed by atoms with Crippen molar-refractivity contribution in [2.75, 3.05) is 6.61 Å². The van der Waals surface area contributed by atoms with E-state index in [4.69, 9.17) is 14.2 Å². The monoisotopic (exact) mass is 292 g/mol. The lowest BCUT2D eigenvalue weighted by Gasteiger charge is -2.37. The Labute approximate surface area is 115 Å². The van der Waals surface area contributed by atoms with Crippen LogP contribution in [0.5, 0.6) is 0 Å². The van der Waals surface area contributed by atoms with E-state index in [0.717, 1.165) is 6.42 Å². The van der Waals surface area contributed by atoms with E-state index < -0.39 is 19.8 Å². The standard InChI is InChI=1S/C13H25O5P/c1-6-7-8-9-17-12(14)13(10(2)3,11(4)5)18-19(15)16/h6,10-11,19H,1,7-9H2,2-5H3,(H,15,16). The molecule has 1 atom stereocenters.